The van der Waals surface area contributed by atoms with E-state index in [1.807, 2.05) is 13.0 Å². The molecule has 0 atom stereocenters. The Bertz CT molecular complexity index is 517. The van der Waals surface area contributed by atoms with E-state index >= 15 is 0 Å². The summed E-state index contributed by atoms with van der Waals surface area (Å²) in [6.07, 6.45) is 0. The minimum Gasteiger partial charge on any atom is -0.359 e. The number of nitrogens with one attached hydrogen (secondary N) is 1. The van der Waals surface area contributed by atoms with Crippen molar-refractivity contribution in [2.45, 2.75) is 25.6 Å². The highest BCUT2D eigenvalue weighted by Gasteiger charge is 2.06. The molecule has 0 unspecified atom stereocenters. The fraction of sp³-hybridized carbons (Fsp3) is 0.333. The molecule has 0 spiro atoms. The number of alkyl halides is 1. The zero-order valence-corrected chi connectivity index (χ0v) is 11.6. The van der Waals surface area contributed by atoms with Gasteiger partial charge in [0, 0.05) is 33.6 Å². The Labute approximate surface area is 108 Å². The van der Waals surface area contributed by atoms with Gasteiger partial charge in [0.05, 0.1) is 4.92 Å². The van der Waals surface area contributed by atoms with Gasteiger partial charge in [0.1, 0.15) is 0 Å². The van der Waals surface area contributed by atoms with Gasteiger partial charge in [0.15, 0.2) is 0 Å². The van der Waals surface area contributed by atoms with Gasteiger partial charge in [-0.15, -0.1) is 0 Å². The molecule has 0 aliphatic heterocycles. The van der Waals surface area contributed by atoms with Gasteiger partial charge in [-0.05, 0) is 19.1 Å². The molecular formula is C12H15BrN2O2. The third kappa shape index (κ3) is 4.19. The van der Waals surface area contributed by atoms with Crippen LogP contribution >= 0.6 is 15.9 Å². The second kappa shape index (κ2) is 5.82. The molecule has 0 radical (unpaired) electrons. The molecule has 0 aliphatic rings. The first-order valence-electron chi connectivity index (χ1n) is 5.28. The van der Waals surface area contributed by atoms with Gasteiger partial charge >= 0.3 is 0 Å². The number of hydrogen-bond acceptors (Lipinski definition) is 2. The van der Waals surface area contributed by atoms with Gasteiger partial charge in [-0.3, -0.25) is 10.1 Å². The van der Waals surface area contributed by atoms with Crippen LogP contribution in [-0.4, -0.2) is 14.7 Å². The molecule has 2 aromatic rings. The minimum absolute atomic E-state index is 0.131. The number of aryl methyl sites for hydroxylation is 1. The summed E-state index contributed by atoms with van der Waals surface area (Å²) in [5, 5.41) is 11.3. The minimum atomic E-state index is -0.387. The Morgan fingerprint density at radius 1 is 1.35 bits per heavy atom. The lowest BCUT2D eigenvalue weighted by Gasteiger charge is -1.90. The highest BCUT2D eigenvalue weighted by molar-refractivity contribution is 9.09. The molecule has 17 heavy (non-hydrogen) atoms. The third-order valence-electron chi connectivity index (χ3n) is 1.95. The maximum Gasteiger partial charge on any atom is 0.270 e. The molecule has 2 rings (SSSR count). The largest absolute Gasteiger partial charge is 0.359 e. The quantitative estimate of drug-likeness (QED) is 0.488. The average molecular weight is 299 g/mol. The van der Waals surface area contributed by atoms with Crippen LogP contribution in [0.4, 0.5) is 5.69 Å². The van der Waals surface area contributed by atoms with Crippen LogP contribution in [0.15, 0.2) is 24.3 Å². The number of non-ortho nitro benzene ring substituents is 1. The summed E-state index contributed by atoms with van der Waals surface area (Å²) in [5.74, 6) is 0. The summed E-state index contributed by atoms with van der Waals surface area (Å²) in [6.45, 7) is 6.09. The Kier molecular flexibility index (Phi) is 4.69. The highest BCUT2D eigenvalue weighted by atomic mass is 79.9. The van der Waals surface area contributed by atoms with Crippen LogP contribution in [0.3, 0.4) is 0 Å². The van der Waals surface area contributed by atoms with Crippen molar-refractivity contribution in [3.05, 3.63) is 40.1 Å². The number of nitrogens with zero attached hydrogens (tertiary/aromatic N) is 1. The van der Waals surface area contributed by atoms with Gasteiger partial charge in [0.25, 0.3) is 5.69 Å². The number of benzene rings is 1. The number of H-pyrrole nitrogens is 1. The summed E-state index contributed by atoms with van der Waals surface area (Å²) < 4.78 is 0. The fourth-order valence-corrected chi connectivity index (χ4v) is 1.38. The van der Waals surface area contributed by atoms with E-state index in [0.717, 1.165) is 16.6 Å². The Morgan fingerprint density at radius 3 is 2.47 bits per heavy atom. The first kappa shape index (κ1) is 13.7. The molecule has 1 heterocycles. The number of aromatic amines is 1. The zero-order valence-electron chi connectivity index (χ0n) is 10.0. The van der Waals surface area contributed by atoms with E-state index in [4.69, 9.17) is 0 Å². The summed E-state index contributed by atoms with van der Waals surface area (Å²) in [6, 6.07) is 6.68. The molecule has 1 N–H and O–H groups in total. The molecule has 0 aliphatic carbocycles. The summed E-state index contributed by atoms with van der Waals surface area (Å²) in [7, 11) is 0. The maximum absolute atomic E-state index is 10.4. The van der Waals surface area contributed by atoms with Crippen molar-refractivity contribution in [2.24, 2.45) is 0 Å². The molecule has 1 aromatic heterocycles. The SMILES string of the molecule is CC(C)Br.Cc1cc2cc([N+](=O)[O-])ccc2[nH]1. The van der Waals surface area contributed by atoms with E-state index in [1.54, 1.807) is 12.1 Å². The van der Waals surface area contributed by atoms with Gasteiger partial charge in [-0.25, -0.2) is 0 Å². The predicted octanol–water partition coefficient (Wildman–Crippen LogP) is 4.17. The van der Waals surface area contributed by atoms with Crippen LogP contribution in [0, 0.1) is 17.0 Å². The van der Waals surface area contributed by atoms with Gasteiger partial charge in [-0.1, -0.05) is 29.8 Å². The number of aromatic nitrogens is 1. The van der Waals surface area contributed by atoms with E-state index in [0.29, 0.717) is 4.83 Å². The average Bonchev–Trinajstić information content (AvgIpc) is 2.55. The molecule has 0 bridgehead atoms. The van der Waals surface area contributed by atoms with Crippen molar-refractivity contribution in [1.82, 2.24) is 4.98 Å². The Hall–Kier alpha value is -1.36. The molecule has 4 nitrogen and oxygen atoms in total. The molecular weight excluding hydrogens is 284 g/mol. The first-order chi connectivity index (χ1) is 7.90. The smallest absolute Gasteiger partial charge is 0.270 e. The van der Waals surface area contributed by atoms with Crippen molar-refractivity contribution in [1.29, 1.82) is 0 Å². The summed E-state index contributed by atoms with van der Waals surface area (Å²) >= 11 is 3.27. The maximum atomic E-state index is 10.4. The second-order valence-corrected chi connectivity index (χ2v) is 5.83. The van der Waals surface area contributed by atoms with E-state index in [-0.39, 0.29) is 10.6 Å². The van der Waals surface area contributed by atoms with E-state index < -0.39 is 0 Å². The lowest BCUT2D eigenvalue weighted by atomic mass is 10.2. The standard InChI is InChI=1S/C9H8N2O2.C3H7Br/c1-6-4-7-5-8(11(12)13)2-3-9(7)10-6;1-3(2)4/h2-5,10H,1H3;3H,1-2H3. The van der Waals surface area contributed by atoms with Crippen molar-refractivity contribution in [3.8, 4) is 0 Å². The van der Waals surface area contributed by atoms with E-state index in [1.165, 1.54) is 6.07 Å². The zero-order chi connectivity index (χ0) is 13.0. The van der Waals surface area contributed by atoms with Gasteiger partial charge in [0.2, 0.25) is 0 Å². The van der Waals surface area contributed by atoms with Crippen LogP contribution in [0.1, 0.15) is 19.5 Å². The molecule has 0 amide bonds. The van der Waals surface area contributed by atoms with Crippen molar-refractivity contribution in [3.63, 3.8) is 0 Å². The van der Waals surface area contributed by atoms with E-state index in [2.05, 4.69) is 34.8 Å². The molecule has 5 heteroatoms. The Balaban J connectivity index is 0.000000317. The third-order valence-corrected chi connectivity index (χ3v) is 1.95. The topological polar surface area (TPSA) is 58.9 Å². The molecule has 92 valence electrons. The van der Waals surface area contributed by atoms with Crippen LogP contribution in [0.5, 0.6) is 0 Å². The number of hydrogen-bond donors (Lipinski definition) is 1. The number of halogens is 1. The first-order valence-corrected chi connectivity index (χ1v) is 6.19. The van der Waals surface area contributed by atoms with Crippen LogP contribution in [0.25, 0.3) is 10.9 Å². The molecule has 0 saturated heterocycles. The van der Waals surface area contributed by atoms with Crippen molar-refractivity contribution in [2.75, 3.05) is 0 Å². The van der Waals surface area contributed by atoms with Crippen molar-refractivity contribution < 1.29 is 4.92 Å². The van der Waals surface area contributed by atoms with Crippen molar-refractivity contribution >= 4 is 32.5 Å². The lowest BCUT2D eigenvalue weighted by molar-refractivity contribution is -0.384. The predicted molar refractivity (Wildman–Crippen MR) is 73.8 cm³/mol. The van der Waals surface area contributed by atoms with Crippen LogP contribution in [-0.2, 0) is 0 Å². The number of rotatable bonds is 1. The van der Waals surface area contributed by atoms with Gasteiger partial charge < -0.3 is 4.98 Å². The highest BCUT2D eigenvalue weighted by Crippen LogP contribution is 2.20. The molecule has 0 fully saturated rings. The lowest BCUT2D eigenvalue weighted by Crippen LogP contribution is -1.86. The van der Waals surface area contributed by atoms with E-state index in [9.17, 15) is 10.1 Å². The number of fused-ring (bicyclic) bond motifs is 1. The summed E-state index contributed by atoms with van der Waals surface area (Å²) in [4.78, 5) is 13.8. The number of nitro groups is 1. The molecule has 0 saturated carbocycles. The number of nitro benzene ring substituents is 1. The molecule has 1 aromatic carbocycles. The van der Waals surface area contributed by atoms with Crippen LogP contribution in [0.2, 0.25) is 0 Å². The fourth-order valence-electron chi connectivity index (χ4n) is 1.38. The second-order valence-electron chi connectivity index (χ2n) is 3.99. The monoisotopic (exact) mass is 298 g/mol. The summed E-state index contributed by atoms with van der Waals surface area (Å²) in [5.41, 5.74) is 2.07. The normalized spacial score (nSPS) is 10.2. The Morgan fingerprint density at radius 2 is 1.94 bits per heavy atom. The van der Waals surface area contributed by atoms with Crippen LogP contribution < -0.4 is 0 Å². The van der Waals surface area contributed by atoms with Gasteiger partial charge in [-0.2, -0.15) is 0 Å².